The van der Waals surface area contributed by atoms with Crippen LogP contribution in [0.1, 0.15) is 43.0 Å². The van der Waals surface area contributed by atoms with Crippen molar-refractivity contribution in [3.8, 4) is 0 Å². The lowest BCUT2D eigenvalue weighted by Crippen LogP contribution is -2.45. The van der Waals surface area contributed by atoms with Gasteiger partial charge in [-0.05, 0) is 56.3 Å². The van der Waals surface area contributed by atoms with Crippen molar-refractivity contribution in [2.45, 2.75) is 32.6 Å². The minimum atomic E-state index is -0.789. The molecule has 9 heteroatoms. The van der Waals surface area contributed by atoms with Crippen molar-refractivity contribution in [1.82, 2.24) is 19.7 Å². The number of likely N-dealkylation sites (tertiary alicyclic amines) is 1. The van der Waals surface area contributed by atoms with Crippen molar-refractivity contribution in [2.75, 3.05) is 45.8 Å². The van der Waals surface area contributed by atoms with Crippen LogP contribution in [-0.4, -0.2) is 88.4 Å². The van der Waals surface area contributed by atoms with Gasteiger partial charge in [0.1, 0.15) is 5.15 Å². The number of carbonyl (C=O) groups is 3. The van der Waals surface area contributed by atoms with Crippen LogP contribution in [0.15, 0.2) is 18.3 Å². The van der Waals surface area contributed by atoms with E-state index in [4.69, 9.17) is 11.6 Å². The second-order valence-corrected chi connectivity index (χ2v) is 8.90. The number of halogens is 1. The van der Waals surface area contributed by atoms with Gasteiger partial charge in [0.2, 0.25) is 5.91 Å². The number of rotatable bonds is 6. The number of amides is 2. The van der Waals surface area contributed by atoms with Crippen molar-refractivity contribution >= 4 is 29.4 Å². The van der Waals surface area contributed by atoms with Crippen LogP contribution in [0.4, 0.5) is 0 Å². The zero-order valence-electron chi connectivity index (χ0n) is 18.0. The smallest absolute Gasteiger partial charge is 0.303 e. The van der Waals surface area contributed by atoms with Crippen LogP contribution < -0.4 is 0 Å². The number of carbonyl (C=O) groups excluding carboxylic acids is 2. The summed E-state index contributed by atoms with van der Waals surface area (Å²) in [6.07, 6.45) is 4.11. The summed E-state index contributed by atoms with van der Waals surface area (Å²) in [5.41, 5.74) is 0.507. The highest BCUT2D eigenvalue weighted by Gasteiger charge is 2.33. The quantitative estimate of drug-likeness (QED) is 0.668. The third kappa shape index (κ3) is 6.64. The van der Waals surface area contributed by atoms with Gasteiger partial charge in [-0.25, -0.2) is 4.98 Å². The first kappa shape index (κ1) is 23.5. The fourth-order valence-electron chi connectivity index (χ4n) is 4.66. The Hall–Kier alpha value is -2.19. The number of hydrogen-bond acceptors (Lipinski definition) is 5. The summed E-state index contributed by atoms with van der Waals surface area (Å²) < 4.78 is 0. The van der Waals surface area contributed by atoms with E-state index >= 15 is 0 Å². The highest BCUT2D eigenvalue weighted by atomic mass is 35.5. The van der Waals surface area contributed by atoms with Crippen molar-refractivity contribution in [3.05, 3.63) is 29.0 Å². The fourth-order valence-corrected chi connectivity index (χ4v) is 4.84. The molecule has 0 aliphatic carbocycles. The molecule has 0 bridgehead atoms. The second-order valence-electron chi connectivity index (χ2n) is 8.52. The Bertz CT molecular complexity index is 805. The molecule has 1 N–H and O–H groups in total. The first-order chi connectivity index (χ1) is 14.8. The maximum absolute atomic E-state index is 13.0. The molecule has 170 valence electrons. The maximum Gasteiger partial charge on any atom is 0.303 e. The van der Waals surface area contributed by atoms with Gasteiger partial charge in [-0.2, -0.15) is 0 Å². The van der Waals surface area contributed by atoms with Crippen LogP contribution in [0.25, 0.3) is 0 Å². The SMILES string of the molecule is CC(=O)N1CCCN(CC[C@@H]2CN(C(=O)c3ccnc(Cl)c3)CC[C@H]2CC(=O)O)CC1. The Morgan fingerprint density at radius 3 is 2.65 bits per heavy atom. The van der Waals surface area contributed by atoms with Gasteiger partial charge in [-0.3, -0.25) is 14.4 Å². The number of carboxylic acids is 1. The summed E-state index contributed by atoms with van der Waals surface area (Å²) in [5.74, 6) is -0.583. The van der Waals surface area contributed by atoms with E-state index in [-0.39, 0.29) is 35.2 Å². The van der Waals surface area contributed by atoms with Gasteiger partial charge in [0.25, 0.3) is 5.91 Å². The Labute approximate surface area is 188 Å². The Morgan fingerprint density at radius 1 is 1.13 bits per heavy atom. The minimum Gasteiger partial charge on any atom is -0.481 e. The average Bonchev–Trinajstić information content (AvgIpc) is 2.98. The van der Waals surface area contributed by atoms with E-state index in [0.29, 0.717) is 25.1 Å². The standard InChI is InChI=1S/C22H31ClN4O4/c1-16(28)26-8-2-7-25(11-12-26)9-4-19-15-27(10-5-17(19)14-21(29)30)22(31)18-3-6-24-20(23)13-18/h3,6,13,17,19H,2,4-5,7-12,14-15H2,1H3,(H,29,30)/t17-,19+/m0/s1. The lowest BCUT2D eigenvalue weighted by molar-refractivity contribution is -0.139. The zero-order valence-corrected chi connectivity index (χ0v) is 18.8. The summed E-state index contributed by atoms with van der Waals surface area (Å²) in [7, 11) is 0. The van der Waals surface area contributed by atoms with E-state index < -0.39 is 5.97 Å². The van der Waals surface area contributed by atoms with Crippen molar-refractivity contribution in [3.63, 3.8) is 0 Å². The average molecular weight is 451 g/mol. The van der Waals surface area contributed by atoms with Crippen molar-refractivity contribution < 1.29 is 19.5 Å². The highest BCUT2D eigenvalue weighted by Crippen LogP contribution is 2.30. The summed E-state index contributed by atoms with van der Waals surface area (Å²) in [6, 6.07) is 3.23. The lowest BCUT2D eigenvalue weighted by Gasteiger charge is -2.39. The number of hydrogen-bond donors (Lipinski definition) is 1. The third-order valence-corrected chi connectivity index (χ3v) is 6.65. The minimum absolute atomic E-state index is 0.0586. The molecule has 2 aliphatic heterocycles. The van der Waals surface area contributed by atoms with E-state index in [1.807, 2.05) is 9.80 Å². The number of piperidine rings is 1. The van der Waals surface area contributed by atoms with Gasteiger partial charge in [0.15, 0.2) is 0 Å². The molecule has 1 aromatic heterocycles. The zero-order chi connectivity index (χ0) is 22.4. The molecule has 2 saturated heterocycles. The number of pyridine rings is 1. The molecular formula is C22H31ClN4O4. The topological polar surface area (TPSA) is 94.1 Å². The summed E-state index contributed by atoms with van der Waals surface area (Å²) in [6.45, 7) is 6.81. The monoisotopic (exact) mass is 450 g/mol. The van der Waals surface area contributed by atoms with Crippen molar-refractivity contribution in [2.24, 2.45) is 11.8 Å². The Morgan fingerprint density at radius 2 is 1.94 bits per heavy atom. The van der Waals surface area contributed by atoms with E-state index in [9.17, 15) is 19.5 Å². The van der Waals surface area contributed by atoms with E-state index in [1.165, 1.54) is 6.20 Å². The summed E-state index contributed by atoms with van der Waals surface area (Å²) in [4.78, 5) is 46.0. The van der Waals surface area contributed by atoms with Crippen LogP contribution in [0.2, 0.25) is 5.15 Å². The molecule has 2 fully saturated rings. The fraction of sp³-hybridized carbons (Fsp3) is 0.636. The largest absolute Gasteiger partial charge is 0.481 e. The van der Waals surface area contributed by atoms with Crippen LogP contribution in [0, 0.1) is 11.8 Å². The number of nitrogens with zero attached hydrogens (tertiary/aromatic N) is 4. The van der Waals surface area contributed by atoms with Gasteiger partial charge in [0.05, 0.1) is 0 Å². The maximum atomic E-state index is 13.0. The third-order valence-electron chi connectivity index (χ3n) is 6.44. The molecule has 8 nitrogen and oxygen atoms in total. The summed E-state index contributed by atoms with van der Waals surface area (Å²) >= 11 is 5.94. The van der Waals surface area contributed by atoms with Crippen LogP contribution >= 0.6 is 11.6 Å². The molecule has 0 unspecified atom stereocenters. The van der Waals surface area contributed by atoms with Gasteiger partial charge in [-0.15, -0.1) is 0 Å². The summed E-state index contributed by atoms with van der Waals surface area (Å²) in [5, 5.41) is 9.63. The van der Waals surface area contributed by atoms with Gasteiger partial charge in [0, 0.05) is 57.8 Å². The van der Waals surface area contributed by atoms with E-state index in [2.05, 4.69) is 9.88 Å². The lowest BCUT2D eigenvalue weighted by atomic mass is 9.81. The molecule has 3 rings (SSSR count). The van der Waals surface area contributed by atoms with Gasteiger partial charge in [-0.1, -0.05) is 11.6 Å². The number of aliphatic carboxylic acids is 1. The molecule has 2 amide bonds. The first-order valence-electron chi connectivity index (χ1n) is 10.9. The molecule has 31 heavy (non-hydrogen) atoms. The van der Waals surface area contributed by atoms with Crippen LogP contribution in [-0.2, 0) is 9.59 Å². The van der Waals surface area contributed by atoms with Crippen LogP contribution in [0.5, 0.6) is 0 Å². The molecule has 0 radical (unpaired) electrons. The predicted molar refractivity (Wildman–Crippen MR) is 117 cm³/mol. The molecule has 0 aromatic carbocycles. The molecule has 2 atom stereocenters. The van der Waals surface area contributed by atoms with Crippen LogP contribution in [0.3, 0.4) is 0 Å². The molecule has 2 aliphatic rings. The molecule has 0 spiro atoms. The van der Waals surface area contributed by atoms with Gasteiger partial charge >= 0.3 is 5.97 Å². The molecular weight excluding hydrogens is 420 g/mol. The number of aromatic nitrogens is 1. The molecule has 0 saturated carbocycles. The predicted octanol–water partition coefficient (Wildman–Crippen LogP) is 2.23. The number of carboxylic acid groups (broad SMARTS) is 1. The molecule has 1 aromatic rings. The Kier molecular flexibility index (Phi) is 8.26. The highest BCUT2D eigenvalue weighted by molar-refractivity contribution is 6.29. The van der Waals surface area contributed by atoms with E-state index in [0.717, 1.165) is 45.6 Å². The van der Waals surface area contributed by atoms with Crippen molar-refractivity contribution in [1.29, 1.82) is 0 Å². The molecule has 3 heterocycles. The van der Waals surface area contributed by atoms with E-state index in [1.54, 1.807) is 19.1 Å². The van der Waals surface area contributed by atoms with Gasteiger partial charge < -0.3 is 19.8 Å². The normalized spacial score (nSPS) is 22.8. The Balaban J connectivity index is 1.62. The second kappa shape index (κ2) is 10.9. The first-order valence-corrected chi connectivity index (χ1v) is 11.3.